The molecule has 1 unspecified atom stereocenters. The van der Waals surface area contributed by atoms with Crippen LogP contribution in [0.2, 0.25) is 0 Å². The molecule has 114 valence electrons. The largest absolute Gasteiger partial charge is 0.383 e. The maximum atomic E-state index is 12.0. The predicted octanol–water partition coefficient (Wildman–Crippen LogP) is 1.11. The van der Waals surface area contributed by atoms with E-state index in [1.165, 1.54) is 5.56 Å². The Morgan fingerprint density at radius 3 is 2.76 bits per heavy atom. The SMILES string of the molecule is COCCNC(=O)C1CC(=O)N(Cc2ccc(C)cc2)C1. The average molecular weight is 290 g/mol. The van der Waals surface area contributed by atoms with Gasteiger partial charge in [0.25, 0.3) is 0 Å². The Morgan fingerprint density at radius 2 is 2.10 bits per heavy atom. The monoisotopic (exact) mass is 290 g/mol. The number of methoxy groups -OCH3 is 1. The minimum absolute atomic E-state index is 0.0440. The number of hydrogen-bond acceptors (Lipinski definition) is 3. The second-order valence-electron chi connectivity index (χ2n) is 5.44. The zero-order valence-electron chi connectivity index (χ0n) is 12.6. The van der Waals surface area contributed by atoms with Crippen LogP contribution < -0.4 is 5.32 Å². The first kappa shape index (κ1) is 15.5. The van der Waals surface area contributed by atoms with Crippen molar-refractivity contribution in [3.8, 4) is 0 Å². The van der Waals surface area contributed by atoms with Gasteiger partial charge in [-0.2, -0.15) is 0 Å². The molecular formula is C16H22N2O3. The van der Waals surface area contributed by atoms with Gasteiger partial charge in [0.2, 0.25) is 11.8 Å². The number of carbonyl (C=O) groups excluding carboxylic acids is 2. The third kappa shape index (κ3) is 4.29. The highest BCUT2D eigenvalue weighted by atomic mass is 16.5. The normalized spacial score (nSPS) is 18.1. The van der Waals surface area contributed by atoms with Gasteiger partial charge in [0.05, 0.1) is 12.5 Å². The molecule has 1 aliphatic rings. The lowest BCUT2D eigenvalue weighted by molar-refractivity contribution is -0.129. The van der Waals surface area contributed by atoms with Gasteiger partial charge in [0, 0.05) is 33.2 Å². The van der Waals surface area contributed by atoms with Crippen LogP contribution in [0.25, 0.3) is 0 Å². The minimum atomic E-state index is -0.250. The van der Waals surface area contributed by atoms with Crippen molar-refractivity contribution >= 4 is 11.8 Å². The Bertz CT molecular complexity index is 499. The molecule has 0 aliphatic carbocycles. The van der Waals surface area contributed by atoms with E-state index in [9.17, 15) is 9.59 Å². The highest BCUT2D eigenvalue weighted by molar-refractivity contribution is 5.89. The number of likely N-dealkylation sites (tertiary alicyclic amines) is 1. The number of ether oxygens (including phenoxy) is 1. The third-order valence-corrected chi connectivity index (χ3v) is 3.68. The summed E-state index contributed by atoms with van der Waals surface area (Å²) in [5.41, 5.74) is 2.29. The molecule has 1 fully saturated rings. The molecule has 1 atom stereocenters. The van der Waals surface area contributed by atoms with Gasteiger partial charge in [-0.25, -0.2) is 0 Å². The fourth-order valence-corrected chi connectivity index (χ4v) is 2.44. The van der Waals surface area contributed by atoms with Gasteiger partial charge in [-0.05, 0) is 12.5 Å². The van der Waals surface area contributed by atoms with Gasteiger partial charge in [0.1, 0.15) is 0 Å². The van der Waals surface area contributed by atoms with Crippen molar-refractivity contribution < 1.29 is 14.3 Å². The third-order valence-electron chi connectivity index (χ3n) is 3.68. The lowest BCUT2D eigenvalue weighted by Crippen LogP contribution is -2.34. The van der Waals surface area contributed by atoms with Gasteiger partial charge >= 0.3 is 0 Å². The van der Waals surface area contributed by atoms with Crippen LogP contribution in [0.3, 0.4) is 0 Å². The number of carbonyl (C=O) groups is 2. The van der Waals surface area contributed by atoms with Crippen molar-refractivity contribution in [3.05, 3.63) is 35.4 Å². The number of hydrogen-bond donors (Lipinski definition) is 1. The van der Waals surface area contributed by atoms with Crippen molar-refractivity contribution in [2.45, 2.75) is 19.9 Å². The zero-order chi connectivity index (χ0) is 15.2. The Morgan fingerprint density at radius 1 is 1.38 bits per heavy atom. The van der Waals surface area contributed by atoms with Crippen molar-refractivity contribution in [1.29, 1.82) is 0 Å². The average Bonchev–Trinajstić information content (AvgIpc) is 2.83. The molecule has 5 nitrogen and oxygen atoms in total. The molecule has 1 N–H and O–H groups in total. The van der Waals surface area contributed by atoms with E-state index >= 15 is 0 Å². The first-order valence-corrected chi connectivity index (χ1v) is 7.20. The van der Waals surface area contributed by atoms with Crippen molar-refractivity contribution in [3.63, 3.8) is 0 Å². The van der Waals surface area contributed by atoms with Crippen LogP contribution in [-0.4, -0.2) is 43.5 Å². The lowest BCUT2D eigenvalue weighted by atomic mass is 10.1. The summed E-state index contributed by atoms with van der Waals surface area (Å²) in [6, 6.07) is 8.11. The Labute approximate surface area is 125 Å². The van der Waals surface area contributed by atoms with Crippen LogP contribution in [0.5, 0.6) is 0 Å². The van der Waals surface area contributed by atoms with Gasteiger partial charge < -0.3 is 15.0 Å². The number of rotatable bonds is 6. The molecule has 1 aromatic carbocycles. The summed E-state index contributed by atoms with van der Waals surface area (Å²) in [7, 11) is 1.59. The van der Waals surface area contributed by atoms with Gasteiger partial charge in [-0.1, -0.05) is 29.8 Å². The van der Waals surface area contributed by atoms with Crippen LogP contribution in [0.1, 0.15) is 17.5 Å². The molecule has 1 saturated heterocycles. The maximum Gasteiger partial charge on any atom is 0.225 e. The predicted molar refractivity (Wildman–Crippen MR) is 79.6 cm³/mol. The number of aryl methyl sites for hydroxylation is 1. The van der Waals surface area contributed by atoms with Gasteiger partial charge in [-0.3, -0.25) is 9.59 Å². The van der Waals surface area contributed by atoms with Crippen LogP contribution in [-0.2, 0) is 20.9 Å². The summed E-state index contributed by atoms with van der Waals surface area (Å²) < 4.78 is 4.89. The van der Waals surface area contributed by atoms with E-state index in [0.29, 0.717) is 32.7 Å². The molecule has 0 radical (unpaired) electrons. The molecule has 0 saturated carbocycles. The topological polar surface area (TPSA) is 58.6 Å². The molecule has 0 bridgehead atoms. The summed E-state index contributed by atoms with van der Waals surface area (Å²) >= 11 is 0. The molecule has 2 rings (SSSR count). The minimum Gasteiger partial charge on any atom is -0.383 e. The summed E-state index contributed by atoms with van der Waals surface area (Å²) in [5, 5.41) is 2.80. The smallest absolute Gasteiger partial charge is 0.225 e. The van der Waals surface area contributed by atoms with E-state index in [-0.39, 0.29) is 17.7 Å². The zero-order valence-corrected chi connectivity index (χ0v) is 12.6. The summed E-state index contributed by atoms with van der Waals surface area (Å²) in [6.07, 6.45) is 0.296. The van der Waals surface area contributed by atoms with Gasteiger partial charge in [-0.15, -0.1) is 0 Å². The first-order valence-electron chi connectivity index (χ1n) is 7.20. The van der Waals surface area contributed by atoms with Crippen molar-refractivity contribution in [1.82, 2.24) is 10.2 Å². The van der Waals surface area contributed by atoms with Crippen molar-refractivity contribution in [2.75, 3.05) is 26.8 Å². The molecule has 0 spiro atoms. The fraction of sp³-hybridized carbons (Fsp3) is 0.500. The molecule has 1 heterocycles. The van der Waals surface area contributed by atoms with Crippen LogP contribution in [0.4, 0.5) is 0 Å². The molecule has 2 amide bonds. The summed E-state index contributed by atoms with van der Waals surface area (Å²) in [6.45, 7) is 4.06. The van der Waals surface area contributed by atoms with Crippen LogP contribution in [0, 0.1) is 12.8 Å². The number of nitrogens with one attached hydrogen (secondary N) is 1. The summed E-state index contributed by atoms with van der Waals surface area (Å²) in [5.74, 6) is -0.269. The van der Waals surface area contributed by atoms with E-state index in [1.807, 2.05) is 31.2 Å². The quantitative estimate of drug-likeness (QED) is 0.798. The second kappa shape index (κ2) is 7.22. The molecule has 21 heavy (non-hydrogen) atoms. The standard InChI is InChI=1S/C16H22N2O3/c1-12-3-5-13(6-4-12)10-18-11-14(9-15(18)19)16(20)17-7-8-21-2/h3-6,14H,7-11H2,1-2H3,(H,17,20). The van der Waals surface area contributed by atoms with Gasteiger partial charge in [0.15, 0.2) is 0 Å². The molecule has 5 heteroatoms. The lowest BCUT2D eigenvalue weighted by Gasteiger charge is -2.16. The van der Waals surface area contributed by atoms with E-state index in [0.717, 1.165) is 5.56 Å². The molecule has 1 aliphatic heterocycles. The Hall–Kier alpha value is -1.88. The fourth-order valence-electron chi connectivity index (χ4n) is 2.44. The van der Waals surface area contributed by atoms with E-state index in [1.54, 1.807) is 12.0 Å². The van der Waals surface area contributed by atoms with Crippen LogP contribution in [0.15, 0.2) is 24.3 Å². The van der Waals surface area contributed by atoms with E-state index < -0.39 is 0 Å². The molecule has 1 aromatic rings. The van der Waals surface area contributed by atoms with Crippen molar-refractivity contribution in [2.24, 2.45) is 5.92 Å². The Kier molecular flexibility index (Phi) is 5.33. The Balaban J connectivity index is 1.87. The summed E-state index contributed by atoms with van der Waals surface area (Å²) in [4.78, 5) is 25.7. The van der Waals surface area contributed by atoms with Crippen LogP contribution >= 0.6 is 0 Å². The number of benzene rings is 1. The molecular weight excluding hydrogens is 268 g/mol. The van der Waals surface area contributed by atoms with E-state index in [4.69, 9.17) is 4.74 Å². The number of amides is 2. The first-order chi connectivity index (χ1) is 10.1. The maximum absolute atomic E-state index is 12.0. The second-order valence-corrected chi connectivity index (χ2v) is 5.44. The molecule has 0 aromatic heterocycles. The number of nitrogens with zero attached hydrogens (tertiary/aromatic N) is 1. The highest BCUT2D eigenvalue weighted by Crippen LogP contribution is 2.20. The highest BCUT2D eigenvalue weighted by Gasteiger charge is 2.33. The van der Waals surface area contributed by atoms with E-state index in [2.05, 4.69) is 5.32 Å².